The van der Waals surface area contributed by atoms with Crippen molar-refractivity contribution in [3.63, 3.8) is 0 Å². The molecule has 0 heterocycles. The highest BCUT2D eigenvalue weighted by Crippen LogP contribution is 2.30. The third-order valence-corrected chi connectivity index (χ3v) is 3.25. The molecule has 110 valence electrons. The van der Waals surface area contributed by atoms with Gasteiger partial charge in [-0.25, -0.2) is 0 Å². The Morgan fingerprint density at radius 1 is 1.19 bits per heavy atom. The van der Waals surface area contributed by atoms with E-state index < -0.39 is 0 Å². The summed E-state index contributed by atoms with van der Waals surface area (Å²) in [4.78, 5) is 12.7. The van der Waals surface area contributed by atoms with E-state index in [2.05, 4.69) is 0 Å². The van der Waals surface area contributed by atoms with Crippen LogP contribution in [0.25, 0.3) is 0 Å². The molecule has 0 unspecified atom stereocenters. The molecule has 5 nitrogen and oxygen atoms in total. The lowest BCUT2D eigenvalue weighted by molar-refractivity contribution is -0.384. The van der Waals surface area contributed by atoms with Crippen LogP contribution in [-0.4, -0.2) is 23.2 Å². The van der Waals surface area contributed by atoms with Crippen LogP contribution in [0.5, 0.6) is 0 Å². The van der Waals surface area contributed by atoms with Crippen molar-refractivity contribution in [2.24, 2.45) is 0 Å². The van der Waals surface area contributed by atoms with Crippen LogP contribution in [0.1, 0.15) is 11.1 Å². The minimum Gasteiger partial charge on any atom is -0.395 e. The van der Waals surface area contributed by atoms with Gasteiger partial charge in [-0.05, 0) is 24.1 Å². The third kappa shape index (κ3) is 3.79. The molecule has 0 atom stereocenters. The largest absolute Gasteiger partial charge is 0.395 e. The molecule has 0 aliphatic heterocycles. The van der Waals surface area contributed by atoms with Crippen LogP contribution in [0.2, 0.25) is 0 Å². The van der Waals surface area contributed by atoms with Gasteiger partial charge in [-0.3, -0.25) is 10.1 Å². The molecule has 0 bridgehead atoms. The lowest BCUT2D eigenvalue weighted by Gasteiger charge is -2.24. The van der Waals surface area contributed by atoms with E-state index in [0.717, 1.165) is 11.1 Å². The quantitative estimate of drug-likeness (QED) is 0.655. The molecule has 0 saturated heterocycles. The second kappa shape index (κ2) is 6.85. The molecular weight excluding hydrogens is 268 g/mol. The number of aryl methyl sites for hydroxylation is 1. The van der Waals surface area contributed by atoms with E-state index in [1.54, 1.807) is 12.1 Å². The van der Waals surface area contributed by atoms with Gasteiger partial charge in [0, 0.05) is 19.2 Å². The Balaban J connectivity index is 2.37. The van der Waals surface area contributed by atoms with Crippen LogP contribution in [0.3, 0.4) is 0 Å². The summed E-state index contributed by atoms with van der Waals surface area (Å²) in [6.07, 6.45) is 0. The Kier molecular flexibility index (Phi) is 4.90. The summed E-state index contributed by atoms with van der Waals surface area (Å²) in [5.74, 6) is 0. The van der Waals surface area contributed by atoms with E-state index >= 15 is 0 Å². The highest BCUT2D eigenvalue weighted by molar-refractivity contribution is 5.64. The molecule has 0 aromatic heterocycles. The Morgan fingerprint density at radius 3 is 2.52 bits per heavy atom. The van der Waals surface area contributed by atoms with Crippen LogP contribution in [-0.2, 0) is 6.54 Å². The zero-order chi connectivity index (χ0) is 15.2. The van der Waals surface area contributed by atoms with Gasteiger partial charge in [0.05, 0.1) is 11.5 Å². The van der Waals surface area contributed by atoms with Gasteiger partial charge < -0.3 is 10.0 Å². The maximum atomic E-state index is 11.2. The van der Waals surface area contributed by atoms with Crippen molar-refractivity contribution in [2.75, 3.05) is 18.1 Å². The Hall–Kier alpha value is -2.40. The summed E-state index contributed by atoms with van der Waals surface area (Å²) in [5, 5.41) is 20.5. The van der Waals surface area contributed by atoms with E-state index in [0.29, 0.717) is 18.8 Å². The van der Waals surface area contributed by atoms with E-state index in [9.17, 15) is 15.2 Å². The first-order valence-electron chi connectivity index (χ1n) is 6.76. The minimum absolute atomic E-state index is 0.0576. The number of aliphatic hydroxyl groups is 1. The molecule has 21 heavy (non-hydrogen) atoms. The van der Waals surface area contributed by atoms with E-state index in [1.165, 1.54) is 6.07 Å². The van der Waals surface area contributed by atoms with Crippen molar-refractivity contribution in [1.82, 2.24) is 0 Å². The number of hydrogen-bond acceptors (Lipinski definition) is 4. The zero-order valence-electron chi connectivity index (χ0n) is 11.9. The standard InChI is InChI=1S/C16H18N2O3/c1-13-7-8-15(18(20)21)16(11-13)17(9-10-19)12-14-5-3-2-4-6-14/h2-8,11,19H,9-10,12H2,1H3. The molecule has 1 N–H and O–H groups in total. The summed E-state index contributed by atoms with van der Waals surface area (Å²) >= 11 is 0. The molecule has 2 aromatic carbocycles. The molecule has 2 rings (SSSR count). The Morgan fingerprint density at radius 2 is 1.90 bits per heavy atom. The molecule has 5 heteroatoms. The van der Waals surface area contributed by atoms with Crippen LogP contribution < -0.4 is 4.90 Å². The molecular formula is C16H18N2O3. The smallest absolute Gasteiger partial charge is 0.292 e. The summed E-state index contributed by atoms with van der Waals surface area (Å²) in [6, 6.07) is 14.7. The van der Waals surface area contributed by atoms with E-state index in [4.69, 9.17) is 0 Å². The second-order valence-electron chi connectivity index (χ2n) is 4.88. The first-order chi connectivity index (χ1) is 10.1. The molecule has 0 aliphatic rings. The van der Waals surface area contributed by atoms with Crippen molar-refractivity contribution in [3.05, 3.63) is 69.8 Å². The monoisotopic (exact) mass is 286 g/mol. The number of benzene rings is 2. The van der Waals surface area contributed by atoms with Crippen molar-refractivity contribution < 1.29 is 10.0 Å². The summed E-state index contributed by atoms with van der Waals surface area (Å²) in [6.45, 7) is 2.70. The minimum atomic E-state index is -0.385. The lowest BCUT2D eigenvalue weighted by Crippen LogP contribution is -2.26. The van der Waals surface area contributed by atoms with Crippen molar-refractivity contribution >= 4 is 11.4 Å². The lowest BCUT2D eigenvalue weighted by atomic mass is 10.1. The van der Waals surface area contributed by atoms with E-state index in [-0.39, 0.29) is 17.2 Å². The Bertz CT molecular complexity index is 614. The summed E-state index contributed by atoms with van der Waals surface area (Å²) < 4.78 is 0. The average molecular weight is 286 g/mol. The third-order valence-electron chi connectivity index (χ3n) is 3.25. The number of aliphatic hydroxyl groups excluding tert-OH is 1. The Labute approximate surface area is 123 Å². The van der Waals surface area contributed by atoms with Gasteiger partial charge in [0.2, 0.25) is 0 Å². The number of hydrogen-bond donors (Lipinski definition) is 1. The number of rotatable bonds is 6. The maximum absolute atomic E-state index is 11.2. The topological polar surface area (TPSA) is 66.6 Å². The molecule has 2 aromatic rings. The highest BCUT2D eigenvalue weighted by atomic mass is 16.6. The molecule has 0 spiro atoms. The predicted octanol–water partition coefficient (Wildman–Crippen LogP) is 2.90. The van der Waals surface area contributed by atoms with Crippen LogP contribution in [0.4, 0.5) is 11.4 Å². The normalized spacial score (nSPS) is 10.4. The second-order valence-corrected chi connectivity index (χ2v) is 4.88. The van der Waals surface area contributed by atoms with Crippen molar-refractivity contribution in [3.8, 4) is 0 Å². The van der Waals surface area contributed by atoms with Gasteiger partial charge in [-0.1, -0.05) is 36.4 Å². The number of nitro benzene ring substituents is 1. The van der Waals surface area contributed by atoms with Gasteiger partial charge >= 0.3 is 0 Å². The predicted molar refractivity (Wildman–Crippen MR) is 82.4 cm³/mol. The molecule has 0 aliphatic carbocycles. The van der Waals surface area contributed by atoms with Crippen molar-refractivity contribution in [2.45, 2.75) is 13.5 Å². The van der Waals surface area contributed by atoms with Gasteiger partial charge in [-0.2, -0.15) is 0 Å². The molecule has 0 fully saturated rings. The van der Waals surface area contributed by atoms with Gasteiger partial charge in [0.25, 0.3) is 5.69 Å². The molecule has 0 amide bonds. The van der Waals surface area contributed by atoms with Crippen LogP contribution in [0, 0.1) is 17.0 Å². The molecule has 0 saturated carbocycles. The fourth-order valence-electron chi connectivity index (χ4n) is 2.25. The average Bonchev–Trinajstić information content (AvgIpc) is 2.47. The number of nitro groups is 1. The fraction of sp³-hybridized carbons (Fsp3) is 0.250. The number of nitrogens with zero attached hydrogens (tertiary/aromatic N) is 2. The zero-order valence-corrected chi connectivity index (χ0v) is 11.9. The van der Waals surface area contributed by atoms with Crippen molar-refractivity contribution in [1.29, 1.82) is 0 Å². The highest BCUT2D eigenvalue weighted by Gasteiger charge is 2.19. The number of anilines is 1. The van der Waals surface area contributed by atoms with Gasteiger partial charge in [0.1, 0.15) is 5.69 Å². The first-order valence-corrected chi connectivity index (χ1v) is 6.76. The molecule has 0 radical (unpaired) electrons. The maximum Gasteiger partial charge on any atom is 0.292 e. The van der Waals surface area contributed by atoms with Gasteiger partial charge in [0.15, 0.2) is 0 Å². The SMILES string of the molecule is Cc1ccc([N+](=O)[O-])c(N(CCO)Cc2ccccc2)c1. The first kappa shape index (κ1) is 15.0. The fourth-order valence-corrected chi connectivity index (χ4v) is 2.25. The van der Waals surface area contributed by atoms with Gasteiger partial charge in [-0.15, -0.1) is 0 Å². The van der Waals surface area contributed by atoms with E-state index in [1.807, 2.05) is 42.2 Å². The summed E-state index contributed by atoms with van der Waals surface area (Å²) in [7, 11) is 0. The van der Waals surface area contributed by atoms with Crippen LogP contribution in [0.15, 0.2) is 48.5 Å². The summed E-state index contributed by atoms with van der Waals surface area (Å²) in [5.41, 5.74) is 2.59. The van der Waals surface area contributed by atoms with Crippen LogP contribution >= 0.6 is 0 Å².